The number of carbonyl (C=O) groups is 1. The lowest BCUT2D eigenvalue weighted by Crippen LogP contribution is -2.10. The van der Waals surface area contributed by atoms with Crippen molar-refractivity contribution in [3.8, 4) is 23.3 Å². The van der Waals surface area contributed by atoms with Crippen molar-refractivity contribution in [3.05, 3.63) is 59.9 Å². The highest BCUT2D eigenvalue weighted by molar-refractivity contribution is 5.69. The highest BCUT2D eigenvalue weighted by atomic mass is 19.1. The Hall–Kier alpha value is -3.00. The summed E-state index contributed by atoms with van der Waals surface area (Å²) in [5.74, 6) is 4.82. The number of halogens is 1. The molecule has 2 rings (SSSR count). The number of carboxylic acid groups (broad SMARTS) is 1. The molecular weight excluding hydrogens is 323 g/mol. The van der Waals surface area contributed by atoms with Crippen LogP contribution in [0.3, 0.4) is 0 Å². The van der Waals surface area contributed by atoms with Gasteiger partial charge in [0.1, 0.15) is 19.0 Å². The maximum absolute atomic E-state index is 13.4. The summed E-state index contributed by atoms with van der Waals surface area (Å²) < 4.78 is 24.3. The van der Waals surface area contributed by atoms with E-state index in [4.69, 9.17) is 14.6 Å². The third-order valence-corrected chi connectivity index (χ3v) is 3.43. The lowest BCUT2D eigenvalue weighted by atomic mass is 9.96. The second-order valence-electron chi connectivity index (χ2n) is 5.24. The third kappa shape index (κ3) is 5.85. The summed E-state index contributed by atoms with van der Waals surface area (Å²) in [5.41, 5.74) is 0.826. The van der Waals surface area contributed by atoms with Gasteiger partial charge in [0.15, 0.2) is 11.6 Å². The number of carboxylic acids is 1. The number of hydrogen-bond acceptors (Lipinski definition) is 3. The van der Waals surface area contributed by atoms with E-state index in [-0.39, 0.29) is 31.3 Å². The first kappa shape index (κ1) is 18.3. The topological polar surface area (TPSA) is 55.8 Å². The molecule has 4 nitrogen and oxygen atoms in total. The van der Waals surface area contributed by atoms with Gasteiger partial charge in [-0.2, -0.15) is 0 Å². The highest BCUT2D eigenvalue weighted by Gasteiger charge is 2.13. The van der Waals surface area contributed by atoms with Crippen LogP contribution in [-0.2, 0) is 4.79 Å². The van der Waals surface area contributed by atoms with E-state index in [0.717, 1.165) is 5.56 Å². The van der Waals surface area contributed by atoms with Crippen LogP contribution < -0.4 is 9.47 Å². The van der Waals surface area contributed by atoms with E-state index in [1.54, 1.807) is 49.4 Å². The molecule has 0 amide bonds. The first-order chi connectivity index (χ1) is 12.1. The van der Waals surface area contributed by atoms with Gasteiger partial charge < -0.3 is 14.6 Å². The average Bonchev–Trinajstić information content (AvgIpc) is 2.60. The Morgan fingerprint density at radius 2 is 1.80 bits per heavy atom. The summed E-state index contributed by atoms with van der Waals surface area (Å²) in [6.45, 7) is 2.16. The molecule has 1 N–H and O–H groups in total. The zero-order valence-corrected chi connectivity index (χ0v) is 13.9. The third-order valence-electron chi connectivity index (χ3n) is 3.43. The summed E-state index contributed by atoms with van der Waals surface area (Å²) in [7, 11) is 0. The van der Waals surface area contributed by atoms with Gasteiger partial charge in [-0.25, -0.2) is 4.39 Å². The van der Waals surface area contributed by atoms with Gasteiger partial charge >= 0.3 is 5.97 Å². The number of hydrogen-bond donors (Lipinski definition) is 1. The lowest BCUT2D eigenvalue weighted by Gasteiger charge is -2.11. The van der Waals surface area contributed by atoms with Crippen molar-refractivity contribution in [2.75, 3.05) is 13.2 Å². The van der Waals surface area contributed by atoms with Crippen LogP contribution in [0.4, 0.5) is 4.39 Å². The summed E-state index contributed by atoms with van der Waals surface area (Å²) in [5, 5.41) is 8.95. The molecule has 0 aromatic heterocycles. The van der Waals surface area contributed by atoms with Crippen LogP contribution in [0.25, 0.3) is 0 Å². The van der Waals surface area contributed by atoms with E-state index in [9.17, 15) is 9.18 Å². The van der Waals surface area contributed by atoms with Crippen molar-refractivity contribution in [2.45, 2.75) is 19.3 Å². The molecule has 0 saturated heterocycles. The monoisotopic (exact) mass is 342 g/mol. The van der Waals surface area contributed by atoms with E-state index in [2.05, 4.69) is 11.8 Å². The fourth-order valence-corrected chi connectivity index (χ4v) is 2.27. The molecule has 0 aliphatic carbocycles. The normalized spacial score (nSPS) is 11.1. The van der Waals surface area contributed by atoms with Gasteiger partial charge in [-0.05, 0) is 36.8 Å². The van der Waals surface area contributed by atoms with Crippen molar-refractivity contribution < 1.29 is 23.8 Å². The molecule has 0 saturated carbocycles. The zero-order valence-electron chi connectivity index (χ0n) is 13.9. The van der Waals surface area contributed by atoms with Gasteiger partial charge in [0, 0.05) is 0 Å². The van der Waals surface area contributed by atoms with Crippen LogP contribution in [0.5, 0.6) is 11.5 Å². The Labute approximate surface area is 146 Å². The second-order valence-corrected chi connectivity index (χ2v) is 5.24. The summed E-state index contributed by atoms with van der Waals surface area (Å²) in [6, 6.07) is 13.3. The quantitative estimate of drug-likeness (QED) is 0.584. The van der Waals surface area contributed by atoms with E-state index >= 15 is 0 Å². The van der Waals surface area contributed by atoms with Gasteiger partial charge in [0.25, 0.3) is 0 Å². The first-order valence-electron chi connectivity index (χ1n) is 7.84. The minimum absolute atomic E-state index is 0.0441. The average molecular weight is 342 g/mol. The van der Waals surface area contributed by atoms with Crippen molar-refractivity contribution in [1.29, 1.82) is 0 Å². The largest absolute Gasteiger partial charge is 0.490 e. The second kappa shape index (κ2) is 9.33. The number of benzene rings is 2. The van der Waals surface area contributed by atoms with E-state index < -0.39 is 11.8 Å². The molecule has 0 radical (unpaired) electrons. The number of rotatable bonds is 8. The van der Waals surface area contributed by atoms with Crippen LogP contribution in [0.2, 0.25) is 0 Å². The lowest BCUT2D eigenvalue weighted by molar-refractivity contribution is -0.137. The molecule has 0 heterocycles. The smallest absolute Gasteiger partial charge is 0.304 e. The summed E-state index contributed by atoms with van der Waals surface area (Å²) in [6.07, 6.45) is -0.0441. The number of para-hydroxylation sites is 1. The predicted molar refractivity (Wildman–Crippen MR) is 92.3 cm³/mol. The Kier molecular flexibility index (Phi) is 6.85. The predicted octanol–water partition coefficient (Wildman–Crippen LogP) is 3.87. The Balaban J connectivity index is 1.86. The minimum Gasteiger partial charge on any atom is -0.490 e. The molecule has 0 aliphatic rings. The van der Waals surface area contributed by atoms with Gasteiger partial charge in [0.2, 0.25) is 0 Å². The maximum Gasteiger partial charge on any atom is 0.304 e. The Morgan fingerprint density at radius 3 is 2.44 bits per heavy atom. The standard InChI is InChI=1S/C20H19FO4/c1-2-5-16(14-20(22)23)15-8-10-17(11-9-15)24-12-13-25-19-7-4-3-6-18(19)21/h3-4,6-11,16H,12-14H2,1H3,(H,22,23). The van der Waals surface area contributed by atoms with Crippen LogP contribution in [0.15, 0.2) is 48.5 Å². The van der Waals surface area contributed by atoms with Gasteiger partial charge in [-0.3, -0.25) is 4.79 Å². The van der Waals surface area contributed by atoms with Gasteiger partial charge in [-0.15, -0.1) is 5.92 Å². The molecule has 0 fully saturated rings. The Morgan fingerprint density at radius 1 is 1.12 bits per heavy atom. The molecule has 0 spiro atoms. The number of aliphatic carboxylic acids is 1. The summed E-state index contributed by atoms with van der Waals surface area (Å²) in [4.78, 5) is 10.9. The van der Waals surface area contributed by atoms with Crippen LogP contribution in [0, 0.1) is 17.7 Å². The van der Waals surface area contributed by atoms with Crippen molar-refractivity contribution in [1.82, 2.24) is 0 Å². The molecule has 2 aromatic rings. The van der Waals surface area contributed by atoms with Gasteiger partial charge in [-0.1, -0.05) is 30.2 Å². The minimum atomic E-state index is -0.890. The molecule has 5 heteroatoms. The van der Waals surface area contributed by atoms with E-state index in [0.29, 0.717) is 5.75 Å². The Bertz CT molecular complexity index is 759. The molecule has 1 atom stereocenters. The molecule has 130 valence electrons. The maximum atomic E-state index is 13.4. The first-order valence-corrected chi connectivity index (χ1v) is 7.84. The number of ether oxygens (including phenoxy) is 2. The summed E-state index contributed by atoms with van der Waals surface area (Å²) >= 11 is 0. The molecule has 0 bridgehead atoms. The van der Waals surface area contributed by atoms with Crippen molar-refractivity contribution >= 4 is 5.97 Å². The molecule has 2 aromatic carbocycles. The van der Waals surface area contributed by atoms with Crippen molar-refractivity contribution in [2.24, 2.45) is 0 Å². The fraction of sp³-hybridized carbons (Fsp3) is 0.250. The van der Waals surface area contributed by atoms with Crippen LogP contribution in [-0.4, -0.2) is 24.3 Å². The van der Waals surface area contributed by atoms with E-state index in [1.165, 1.54) is 6.07 Å². The zero-order chi connectivity index (χ0) is 18.1. The molecular formula is C20H19FO4. The van der Waals surface area contributed by atoms with Gasteiger partial charge in [0.05, 0.1) is 12.3 Å². The SMILES string of the molecule is CC#CC(CC(=O)O)c1ccc(OCCOc2ccccc2F)cc1. The van der Waals surface area contributed by atoms with Crippen molar-refractivity contribution in [3.63, 3.8) is 0 Å². The van der Waals surface area contributed by atoms with E-state index in [1.807, 2.05) is 0 Å². The van der Waals surface area contributed by atoms with Crippen LogP contribution in [0.1, 0.15) is 24.8 Å². The van der Waals surface area contributed by atoms with Crippen LogP contribution >= 0.6 is 0 Å². The molecule has 0 aliphatic heterocycles. The molecule has 25 heavy (non-hydrogen) atoms. The highest BCUT2D eigenvalue weighted by Crippen LogP contribution is 2.22. The fourth-order valence-electron chi connectivity index (χ4n) is 2.27. The molecule has 1 unspecified atom stereocenters.